The van der Waals surface area contributed by atoms with Crippen LogP contribution in [0.1, 0.15) is 43.4 Å². The molecule has 182 valence electrons. The van der Waals surface area contributed by atoms with Crippen molar-refractivity contribution < 1.29 is 14.3 Å². The molecule has 0 radical (unpaired) electrons. The maximum Gasteiger partial charge on any atom is 0.230 e. The Bertz CT molecular complexity index is 975. The predicted molar refractivity (Wildman–Crippen MR) is 138 cm³/mol. The van der Waals surface area contributed by atoms with Gasteiger partial charge in [-0.25, -0.2) is 0 Å². The van der Waals surface area contributed by atoms with Gasteiger partial charge in [0.15, 0.2) is 0 Å². The van der Waals surface area contributed by atoms with Gasteiger partial charge in [-0.1, -0.05) is 37.6 Å². The summed E-state index contributed by atoms with van der Waals surface area (Å²) in [5.41, 5.74) is 2.96. The first kappa shape index (κ1) is 24.6. The molecule has 7 heteroatoms. The number of nitrogens with zero attached hydrogens (tertiary/aromatic N) is 2. The predicted octanol–water partition coefficient (Wildman–Crippen LogP) is 4.57. The molecule has 6 nitrogen and oxygen atoms in total. The summed E-state index contributed by atoms with van der Waals surface area (Å²) >= 11 is 2.00. The lowest BCUT2D eigenvalue weighted by Gasteiger charge is -2.28. The van der Waals surface area contributed by atoms with Gasteiger partial charge in [-0.2, -0.15) is 11.8 Å². The highest BCUT2D eigenvalue weighted by atomic mass is 32.2. The van der Waals surface area contributed by atoms with Gasteiger partial charge in [0.1, 0.15) is 5.75 Å². The Hall–Kier alpha value is -2.51. The third kappa shape index (κ3) is 5.94. The molecule has 2 aliphatic rings. The summed E-state index contributed by atoms with van der Waals surface area (Å²) in [6, 6.07) is 15.6. The Morgan fingerprint density at radius 3 is 2.62 bits per heavy atom. The molecule has 2 heterocycles. The van der Waals surface area contributed by atoms with Crippen LogP contribution in [0.15, 0.2) is 48.5 Å². The first-order chi connectivity index (χ1) is 16.6. The third-order valence-corrected chi connectivity index (χ3v) is 7.63. The summed E-state index contributed by atoms with van der Waals surface area (Å²) in [7, 11) is 1.64. The van der Waals surface area contributed by atoms with Crippen LogP contribution in [0.2, 0.25) is 0 Å². The molecule has 0 saturated carbocycles. The summed E-state index contributed by atoms with van der Waals surface area (Å²) in [6.45, 7) is 5.87. The highest BCUT2D eigenvalue weighted by Gasteiger charge is 2.44. The van der Waals surface area contributed by atoms with E-state index >= 15 is 0 Å². The van der Waals surface area contributed by atoms with Crippen LogP contribution in [0, 0.1) is 5.92 Å². The molecular formula is C27H35N3O3S. The second kappa shape index (κ2) is 11.8. The Kier molecular flexibility index (Phi) is 8.51. The van der Waals surface area contributed by atoms with E-state index in [0.29, 0.717) is 6.54 Å². The average molecular weight is 482 g/mol. The van der Waals surface area contributed by atoms with Crippen LogP contribution in [0.25, 0.3) is 0 Å². The van der Waals surface area contributed by atoms with E-state index in [9.17, 15) is 9.59 Å². The zero-order chi connectivity index (χ0) is 23.9. The van der Waals surface area contributed by atoms with Crippen molar-refractivity contribution in [3.8, 4) is 5.75 Å². The van der Waals surface area contributed by atoms with E-state index < -0.39 is 5.92 Å². The molecule has 2 aromatic carbocycles. The molecule has 34 heavy (non-hydrogen) atoms. The third-order valence-electron chi connectivity index (χ3n) is 6.68. The van der Waals surface area contributed by atoms with Crippen molar-refractivity contribution in [1.82, 2.24) is 9.80 Å². The fourth-order valence-electron chi connectivity index (χ4n) is 4.83. The molecule has 2 fully saturated rings. The summed E-state index contributed by atoms with van der Waals surface area (Å²) in [4.78, 5) is 30.7. The zero-order valence-electron chi connectivity index (χ0n) is 20.2. The first-order valence-electron chi connectivity index (χ1n) is 12.2. The number of amides is 2. The Labute approximate surface area is 207 Å². The monoisotopic (exact) mass is 481 g/mol. The van der Waals surface area contributed by atoms with E-state index in [1.54, 1.807) is 7.11 Å². The van der Waals surface area contributed by atoms with Gasteiger partial charge in [-0.3, -0.25) is 14.5 Å². The molecule has 1 N–H and O–H groups in total. The van der Waals surface area contributed by atoms with Crippen molar-refractivity contribution in [2.24, 2.45) is 5.92 Å². The Balaban J connectivity index is 1.50. The van der Waals surface area contributed by atoms with Crippen LogP contribution in [0.4, 0.5) is 5.69 Å². The number of rotatable bonds is 9. The van der Waals surface area contributed by atoms with Crippen molar-refractivity contribution in [2.45, 2.75) is 38.8 Å². The number of benzene rings is 2. The fourth-order valence-corrected chi connectivity index (χ4v) is 5.81. The first-order valence-corrected chi connectivity index (χ1v) is 13.4. The largest absolute Gasteiger partial charge is 0.497 e. The number of hydrogen-bond acceptors (Lipinski definition) is 5. The number of methoxy groups -OCH3 is 1. The molecule has 2 aliphatic heterocycles. The number of unbranched alkanes of at least 4 members (excludes halogenated alkanes) is 1. The van der Waals surface area contributed by atoms with Gasteiger partial charge in [0, 0.05) is 49.8 Å². The molecule has 0 bridgehead atoms. The topological polar surface area (TPSA) is 61.9 Å². The Morgan fingerprint density at radius 1 is 1.15 bits per heavy atom. The highest BCUT2D eigenvalue weighted by Crippen LogP contribution is 2.39. The van der Waals surface area contributed by atoms with Crippen molar-refractivity contribution >= 4 is 29.3 Å². The molecule has 2 aromatic rings. The number of hydrogen-bond donors (Lipinski definition) is 1. The smallest absolute Gasteiger partial charge is 0.230 e. The van der Waals surface area contributed by atoms with E-state index in [2.05, 4.69) is 29.3 Å². The van der Waals surface area contributed by atoms with Crippen molar-refractivity contribution in [1.29, 1.82) is 0 Å². The minimum atomic E-state index is -0.430. The van der Waals surface area contributed by atoms with Crippen molar-refractivity contribution in [3.05, 3.63) is 59.7 Å². The molecule has 2 saturated heterocycles. The summed E-state index contributed by atoms with van der Waals surface area (Å²) in [5, 5.41) is 3.12. The lowest BCUT2D eigenvalue weighted by atomic mass is 9.92. The van der Waals surface area contributed by atoms with Crippen LogP contribution >= 0.6 is 11.8 Å². The quantitative estimate of drug-likeness (QED) is 0.568. The van der Waals surface area contributed by atoms with E-state index in [0.717, 1.165) is 49.5 Å². The molecule has 2 atom stereocenters. The SMILES string of the molecule is CCCCN1C(=O)CC(C(=O)Nc2cccc(CN3CCSCC3)c2)C1c1ccc(OC)cc1. The minimum Gasteiger partial charge on any atom is -0.497 e. The standard InChI is InChI=1S/C27H35N3O3S/c1-3-4-12-30-25(31)18-24(26(30)21-8-10-23(33-2)11-9-21)27(32)28-22-7-5-6-20(17-22)19-29-13-15-34-16-14-29/h5-11,17,24,26H,3-4,12-16,18-19H2,1-2H3,(H,28,32). The molecular weight excluding hydrogens is 446 g/mol. The molecule has 2 amide bonds. The molecule has 0 aromatic heterocycles. The van der Waals surface area contributed by atoms with Gasteiger partial charge in [0.25, 0.3) is 0 Å². The number of carbonyl (C=O) groups excluding carboxylic acids is 2. The minimum absolute atomic E-state index is 0.0473. The van der Waals surface area contributed by atoms with E-state index in [4.69, 9.17) is 4.74 Å². The molecule has 4 rings (SSSR count). The lowest BCUT2D eigenvalue weighted by molar-refractivity contribution is -0.129. The van der Waals surface area contributed by atoms with Gasteiger partial charge in [0.05, 0.1) is 19.1 Å². The summed E-state index contributed by atoms with van der Waals surface area (Å²) in [6.07, 6.45) is 2.15. The van der Waals surface area contributed by atoms with Crippen molar-refractivity contribution in [3.63, 3.8) is 0 Å². The normalized spacial score (nSPS) is 21.0. The molecule has 0 aliphatic carbocycles. The van der Waals surface area contributed by atoms with Gasteiger partial charge in [-0.15, -0.1) is 0 Å². The number of likely N-dealkylation sites (tertiary alicyclic amines) is 1. The molecule has 2 unspecified atom stereocenters. The number of ether oxygens (including phenoxy) is 1. The van der Waals surface area contributed by atoms with Crippen LogP contribution in [-0.2, 0) is 16.1 Å². The summed E-state index contributed by atoms with van der Waals surface area (Å²) in [5.74, 6) is 2.63. The zero-order valence-corrected chi connectivity index (χ0v) is 21.0. The fraction of sp³-hybridized carbons (Fsp3) is 0.481. The number of anilines is 1. The van der Waals surface area contributed by atoms with Gasteiger partial charge in [0.2, 0.25) is 11.8 Å². The van der Waals surface area contributed by atoms with Gasteiger partial charge < -0.3 is 15.0 Å². The van der Waals surface area contributed by atoms with Crippen molar-refractivity contribution in [2.75, 3.05) is 43.6 Å². The van der Waals surface area contributed by atoms with Crippen LogP contribution < -0.4 is 10.1 Å². The van der Waals surface area contributed by atoms with Gasteiger partial charge >= 0.3 is 0 Å². The molecule has 0 spiro atoms. The van der Waals surface area contributed by atoms with Crippen LogP contribution in [-0.4, -0.2) is 59.9 Å². The van der Waals surface area contributed by atoms with Gasteiger partial charge in [-0.05, 0) is 41.8 Å². The number of nitrogens with one attached hydrogen (secondary N) is 1. The average Bonchev–Trinajstić information content (AvgIpc) is 3.19. The maximum absolute atomic E-state index is 13.5. The van der Waals surface area contributed by atoms with Crippen LogP contribution in [0.5, 0.6) is 5.75 Å². The maximum atomic E-state index is 13.5. The highest BCUT2D eigenvalue weighted by molar-refractivity contribution is 7.99. The van der Waals surface area contributed by atoms with E-state index in [1.165, 1.54) is 17.1 Å². The summed E-state index contributed by atoms with van der Waals surface area (Å²) < 4.78 is 5.30. The second-order valence-electron chi connectivity index (χ2n) is 9.05. The van der Waals surface area contributed by atoms with E-state index in [-0.39, 0.29) is 24.3 Å². The van der Waals surface area contributed by atoms with Crippen LogP contribution in [0.3, 0.4) is 0 Å². The second-order valence-corrected chi connectivity index (χ2v) is 10.3. The van der Waals surface area contributed by atoms with E-state index in [1.807, 2.05) is 53.1 Å². The number of carbonyl (C=O) groups is 2. The number of thioether (sulfide) groups is 1. The lowest BCUT2D eigenvalue weighted by Crippen LogP contribution is -2.33. The Morgan fingerprint density at radius 2 is 1.91 bits per heavy atom.